The number of hydrogen-bond acceptors (Lipinski definition) is 5. The van der Waals surface area contributed by atoms with Crippen molar-refractivity contribution in [3.63, 3.8) is 0 Å². The van der Waals surface area contributed by atoms with Gasteiger partial charge in [-0.1, -0.05) is 0 Å². The number of hydrogen-bond donors (Lipinski definition) is 2. The molecule has 0 atom stereocenters. The van der Waals surface area contributed by atoms with E-state index in [0.717, 1.165) is 12.3 Å². The van der Waals surface area contributed by atoms with Gasteiger partial charge < -0.3 is 9.68 Å². The van der Waals surface area contributed by atoms with Gasteiger partial charge in [0.25, 0.3) is 10.0 Å². The fraction of sp³-hybridized carbons (Fsp3) is 0.0833. The van der Waals surface area contributed by atoms with E-state index in [2.05, 4.69) is 9.71 Å². The summed E-state index contributed by atoms with van der Waals surface area (Å²) in [4.78, 5) is 3.63. The van der Waals surface area contributed by atoms with Gasteiger partial charge in [-0.25, -0.2) is 12.8 Å². The number of anilines is 1. The molecule has 0 saturated heterocycles. The molecule has 21 heavy (non-hydrogen) atoms. The molecule has 0 bridgehead atoms. The van der Waals surface area contributed by atoms with Gasteiger partial charge in [0.15, 0.2) is 0 Å². The molecule has 2 N–H and O–H groups in total. The molecule has 3 rings (SSSR count). The number of rotatable bonds is 3. The fourth-order valence-corrected chi connectivity index (χ4v) is 3.05. The minimum absolute atomic E-state index is 0.0818. The average Bonchev–Trinajstić information content (AvgIpc) is 2.81. The van der Waals surface area contributed by atoms with Crippen molar-refractivity contribution in [3.05, 3.63) is 48.0 Å². The number of fused-ring (bicyclic) bond motifs is 1. The first-order chi connectivity index (χ1) is 9.97. The summed E-state index contributed by atoms with van der Waals surface area (Å²) in [6.45, 7) is 0.0864. The van der Waals surface area contributed by atoms with Crippen LogP contribution in [0.1, 0.15) is 5.56 Å². The van der Waals surface area contributed by atoms with Crippen molar-refractivity contribution in [1.82, 2.24) is 4.98 Å². The Morgan fingerprint density at radius 1 is 1.43 bits per heavy atom. The molecule has 0 amide bonds. The van der Waals surface area contributed by atoms with Crippen LogP contribution in [0.3, 0.4) is 0 Å². The molecule has 1 aromatic heterocycles. The van der Waals surface area contributed by atoms with Crippen LogP contribution in [-0.4, -0.2) is 25.5 Å². The Hall–Kier alpha value is -1.97. The highest BCUT2D eigenvalue weighted by Crippen LogP contribution is 2.21. The first-order valence-corrected chi connectivity index (χ1v) is 7.50. The van der Waals surface area contributed by atoms with E-state index in [1.165, 1.54) is 24.4 Å². The van der Waals surface area contributed by atoms with Crippen molar-refractivity contribution in [2.45, 2.75) is 11.5 Å². The SMILES string of the molecule is O=S(=O)(Nc1cc2c(cc1F)COB2O)c1cccnc1. The van der Waals surface area contributed by atoms with E-state index in [4.69, 9.17) is 4.65 Å². The molecule has 9 heteroatoms. The van der Waals surface area contributed by atoms with Crippen molar-refractivity contribution in [2.24, 2.45) is 0 Å². The summed E-state index contributed by atoms with van der Waals surface area (Å²) in [6, 6.07) is 5.19. The molecule has 2 aromatic rings. The smallest absolute Gasteiger partial charge is 0.423 e. The Bertz CT molecular complexity index is 785. The standard InChI is InChI=1S/C12H10BFN2O4S/c14-11-4-8-7-20-13(17)10(8)5-12(11)16-21(18,19)9-2-1-3-15-6-9/h1-6,16-17H,7H2. The summed E-state index contributed by atoms with van der Waals surface area (Å²) in [5.41, 5.74) is 0.590. The van der Waals surface area contributed by atoms with Crippen LogP contribution in [-0.2, 0) is 21.3 Å². The van der Waals surface area contributed by atoms with Crippen LogP contribution in [0.25, 0.3) is 0 Å². The highest BCUT2D eigenvalue weighted by molar-refractivity contribution is 7.92. The third-order valence-corrected chi connectivity index (χ3v) is 4.43. The lowest BCUT2D eigenvalue weighted by atomic mass is 9.79. The number of pyridine rings is 1. The van der Waals surface area contributed by atoms with Crippen LogP contribution in [0.2, 0.25) is 0 Å². The Morgan fingerprint density at radius 3 is 2.95 bits per heavy atom. The van der Waals surface area contributed by atoms with Gasteiger partial charge in [0.1, 0.15) is 10.7 Å². The van der Waals surface area contributed by atoms with E-state index in [1.54, 1.807) is 0 Å². The highest BCUT2D eigenvalue weighted by atomic mass is 32.2. The Balaban J connectivity index is 1.98. The predicted molar refractivity (Wildman–Crippen MR) is 73.8 cm³/mol. The molecule has 0 aliphatic carbocycles. The average molecular weight is 308 g/mol. The van der Waals surface area contributed by atoms with Crippen molar-refractivity contribution in [3.8, 4) is 0 Å². The second-order valence-corrected chi connectivity index (χ2v) is 6.17. The molecule has 0 spiro atoms. The van der Waals surface area contributed by atoms with Crippen LogP contribution in [0.5, 0.6) is 0 Å². The molecule has 108 valence electrons. The summed E-state index contributed by atoms with van der Waals surface area (Å²) < 4.78 is 45.3. The Morgan fingerprint density at radius 2 is 2.24 bits per heavy atom. The zero-order valence-corrected chi connectivity index (χ0v) is 11.5. The summed E-state index contributed by atoms with van der Waals surface area (Å²) >= 11 is 0. The Kier molecular flexibility index (Phi) is 3.40. The van der Waals surface area contributed by atoms with Crippen molar-refractivity contribution >= 4 is 28.3 Å². The fourth-order valence-electron chi connectivity index (χ4n) is 2.03. The summed E-state index contributed by atoms with van der Waals surface area (Å²) in [5, 5.41) is 9.58. The molecule has 0 fully saturated rings. The molecular weight excluding hydrogens is 298 g/mol. The molecule has 1 aromatic carbocycles. The number of nitrogens with zero attached hydrogens (tertiary/aromatic N) is 1. The van der Waals surface area contributed by atoms with Gasteiger partial charge >= 0.3 is 7.12 Å². The third kappa shape index (κ3) is 2.62. The number of nitrogens with one attached hydrogen (secondary N) is 1. The van der Waals surface area contributed by atoms with E-state index in [-0.39, 0.29) is 17.2 Å². The minimum Gasteiger partial charge on any atom is -0.423 e. The van der Waals surface area contributed by atoms with Crippen LogP contribution < -0.4 is 10.2 Å². The van der Waals surface area contributed by atoms with Gasteiger partial charge in [-0.3, -0.25) is 9.71 Å². The largest absolute Gasteiger partial charge is 0.491 e. The summed E-state index contributed by atoms with van der Waals surface area (Å²) in [7, 11) is -5.12. The quantitative estimate of drug-likeness (QED) is 0.793. The zero-order valence-electron chi connectivity index (χ0n) is 10.7. The second kappa shape index (κ2) is 5.10. The van der Waals surface area contributed by atoms with Gasteiger partial charge in [0, 0.05) is 12.4 Å². The second-order valence-electron chi connectivity index (χ2n) is 4.49. The van der Waals surface area contributed by atoms with Crippen LogP contribution in [0, 0.1) is 5.82 Å². The van der Waals surface area contributed by atoms with Crippen LogP contribution >= 0.6 is 0 Å². The van der Waals surface area contributed by atoms with Crippen LogP contribution in [0.15, 0.2) is 41.6 Å². The normalized spacial score (nSPS) is 14.1. The molecular formula is C12H10BFN2O4S. The molecule has 1 aliphatic rings. The highest BCUT2D eigenvalue weighted by Gasteiger charge is 2.29. The number of benzene rings is 1. The van der Waals surface area contributed by atoms with E-state index in [1.807, 2.05) is 0 Å². The molecule has 0 saturated carbocycles. The lowest BCUT2D eigenvalue weighted by molar-refractivity contribution is 0.275. The zero-order chi connectivity index (χ0) is 15.0. The summed E-state index contributed by atoms with van der Waals surface area (Å²) in [5.74, 6) is -0.737. The minimum atomic E-state index is -3.95. The number of halogens is 1. The van der Waals surface area contributed by atoms with Gasteiger partial charge in [0.05, 0.1) is 12.3 Å². The van der Waals surface area contributed by atoms with Crippen molar-refractivity contribution < 1.29 is 22.5 Å². The molecule has 2 heterocycles. The molecule has 0 unspecified atom stereocenters. The third-order valence-electron chi connectivity index (χ3n) is 3.08. The lowest BCUT2D eigenvalue weighted by Gasteiger charge is -2.10. The topological polar surface area (TPSA) is 88.5 Å². The van der Waals surface area contributed by atoms with Crippen molar-refractivity contribution in [2.75, 3.05) is 4.72 Å². The van der Waals surface area contributed by atoms with E-state index < -0.39 is 23.0 Å². The molecule has 6 nitrogen and oxygen atoms in total. The van der Waals surface area contributed by atoms with Gasteiger partial charge in [-0.15, -0.1) is 0 Å². The first kappa shape index (κ1) is 14.0. The predicted octanol–water partition coefficient (Wildman–Crippen LogP) is 0.239. The maximum absolute atomic E-state index is 13.9. The van der Waals surface area contributed by atoms with Crippen LogP contribution in [0.4, 0.5) is 10.1 Å². The lowest BCUT2D eigenvalue weighted by Crippen LogP contribution is -2.29. The number of sulfonamides is 1. The van der Waals surface area contributed by atoms with E-state index in [0.29, 0.717) is 11.0 Å². The first-order valence-electron chi connectivity index (χ1n) is 6.02. The van der Waals surface area contributed by atoms with Gasteiger partial charge in [-0.2, -0.15) is 0 Å². The van der Waals surface area contributed by atoms with Crippen molar-refractivity contribution in [1.29, 1.82) is 0 Å². The Labute approximate surface area is 120 Å². The maximum atomic E-state index is 13.9. The van der Waals surface area contributed by atoms with Gasteiger partial charge in [0.2, 0.25) is 0 Å². The molecule has 0 radical (unpaired) electrons. The van der Waals surface area contributed by atoms with Gasteiger partial charge in [-0.05, 0) is 35.3 Å². The van der Waals surface area contributed by atoms with E-state index >= 15 is 0 Å². The number of aromatic nitrogens is 1. The monoisotopic (exact) mass is 308 g/mol. The summed E-state index contributed by atoms with van der Waals surface area (Å²) in [6.07, 6.45) is 2.59. The maximum Gasteiger partial charge on any atom is 0.491 e. The molecule has 1 aliphatic heterocycles. The van der Waals surface area contributed by atoms with E-state index in [9.17, 15) is 17.8 Å².